The Kier molecular flexibility index (Phi) is 7.06. The van der Waals surface area contributed by atoms with E-state index in [2.05, 4.69) is 12.1 Å². The Labute approximate surface area is 122 Å². The van der Waals surface area contributed by atoms with Crippen molar-refractivity contribution in [3.63, 3.8) is 0 Å². The zero-order valence-corrected chi connectivity index (χ0v) is 12.3. The van der Waals surface area contributed by atoms with E-state index in [0.717, 1.165) is 12.5 Å². The highest BCUT2D eigenvalue weighted by Crippen LogP contribution is 2.27. The van der Waals surface area contributed by atoms with Crippen molar-refractivity contribution in [1.82, 2.24) is 0 Å². The van der Waals surface area contributed by atoms with Gasteiger partial charge in [-0.05, 0) is 50.1 Å². The molecule has 0 aromatic heterocycles. The van der Waals surface area contributed by atoms with Gasteiger partial charge in [-0.15, -0.1) is 0 Å². The predicted octanol–water partition coefficient (Wildman–Crippen LogP) is 3.13. The first-order valence-corrected chi connectivity index (χ1v) is 7.82. The summed E-state index contributed by atoms with van der Waals surface area (Å²) in [6.45, 7) is 2.88. The van der Waals surface area contributed by atoms with Crippen molar-refractivity contribution in [2.75, 3.05) is 19.8 Å². The molecule has 1 aliphatic carbocycles. The Morgan fingerprint density at radius 1 is 1.00 bits per heavy atom. The summed E-state index contributed by atoms with van der Waals surface area (Å²) in [7, 11) is 0. The quantitative estimate of drug-likeness (QED) is 0.742. The van der Waals surface area contributed by atoms with E-state index in [1.165, 1.54) is 37.7 Å². The molecule has 0 spiro atoms. The lowest BCUT2D eigenvalue weighted by Crippen LogP contribution is -2.24. The van der Waals surface area contributed by atoms with Crippen LogP contribution in [0.2, 0.25) is 0 Å². The zero-order chi connectivity index (χ0) is 14.0. The van der Waals surface area contributed by atoms with Crippen LogP contribution in [-0.4, -0.2) is 25.9 Å². The third-order valence-electron chi connectivity index (χ3n) is 4.06. The van der Waals surface area contributed by atoms with Crippen LogP contribution in [0.1, 0.15) is 37.7 Å². The Bertz CT molecular complexity index is 347. The van der Waals surface area contributed by atoms with Crippen LogP contribution in [0.25, 0.3) is 0 Å². The van der Waals surface area contributed by atoms with Gasteiger partial charge in [0.05, 0.1) is 25.9 Å². The van der Waals surface area contributed by atoms with Gasteiger partial charge < -0.3 is 15.2 Å². The van der Waals surface area contributed by atoms with Gasteiger partial charge >= 0.3 is 0 Å². The monoisotopic (exact) mass is 277 g/mol. The van der Waals surface area contributed by atoms with Gasteiger partial charge in [0.25, 0.3) is 0 Å². The average Bonchev–Trinajstić information content (AvgIpc) is 2.50. The lowest BCUT2D eigenvalue weighted by atomic mass is 9.85. The van der Waals surface area contributed by atoms with Crippen molar-refractivity contribution in [3.05, 3.63) is 35.9 Å². The molecule has 112 valence electrons. The summed E-state index contributed by atoms with van der Waals surface area (Å²) in [6, 6.07) is 10.3. The topological polar surface area (TPSA) is 44.5 Å². The lowest BCUT2D eigenvalue weighted by molar-refractivity contribution is -0.0199. The molecule has 0 aliphatic heterocycles. The fraction of sp³-hybridized carbons (Fsp3) is 0.647. The van der Waals surface area contributed by atoms with Crippen molar-refractivity contribution in [2.45, 2.75) is 44.8 Å². The minimum Gasteiger partial charge on any atom is -0.376 e. The second-order valence-electron chi connectivity index (χ2n) is 5.63. The fourth-order valence-corrected chi connectivity index (χ4v) is 2.86. The highest BCUT2D eigenvalue weighted by molar-refractivity contribution is 5.13. The molecule has 1 aliphatic rings. The lowest BCUT2D eigenvalue weighted by Gasteiger charge is -2.28. The van der Waals surface area contributed by atoms with E-state index < -0.39 is 0 Å². The summed E-state index contributed by atoms with van der Waals surface area (Å²) in [5, 5.41) is 0. The van der Waals surface area contributed by atoms with E-state index in [1.54, 1.807) is 0 Å². The van der Waals surface area contributed by atoms with Crippen LogP contribution in [0.3, 0.4) is 0 Å². The standard InChI is InChI=1S/C17H27NO2/c18-11-10-15-6-8-17(9-7-15)20-13-12-19-14-16-4-2-1-3-5-16/h1-5,15,17H,6-14,18H2. The molecule has 1 fully saturated rings. The second kappa shape index (κ2) is 9.11. The molecule has 0 bridgehead atoms. The number of benzene rings is 1. The normalized spacial score (nSPS) is 22.9. The van der Waals surface area contributed by atoms with Crippen LogP contribution in [0, 0.1) is 5.92 Å². The maximum atomic E-state index is 5.89. The van der Waals surface area contributed by atoms with Crippen molar-refractivity contribution in [1.29, 1.82) is 0 Å². The summed E-state index contributed by atoms with van der Waals surface area (Å²) in [4.78, 5) is 0. The molecule has 3 nitrogen and oxygen atoms in total. The fourth-order valence-electron chi connectivity index (χ4n) is 2.86. The minimum atomic E-state index is 0.435. The smallest absolute Gasteiger partial charge is 0.0718 e. The van der Waals surface area contributed by atoms with E-state index in [1.807, 2.05) is 18.2 Å². The zero-order valence-electron chi connectivity index (χ0n) is 12.3. The number of nitrogens with two attached hydrogens (primary N) is 1. The molecule has 2 N–H and O–H groups in total. The Hall–Kier alpha value is -0.900. The average molecular weight is 277 g/mol. The van der Waals surface area contributed by atoms with Gasteiger partial charge in [-0.25, -0.2) is 0 Å². The highest BCUT2D eigenvalue weighted by Gasteiger charge is 2.20. The third kappa shape index (κ3) is 5.61. The molecule has 2 rings (SSSR count). The maximum absolute atomic E-state index is 5.89. The molecule has 0 amide bonds. The number of rotatable bonds is 8. The van der Waals surface area contributed by atoms with Gasteiger partial charge in [0.2, 0.25) is 0 Å². The van der Waals surface area contributed by atoms with Gasteiger partial charge in [0, 0.05) is 0 Å². The number of ether oxygens (including phenoxy) is 2. The van der Waals surface area contributed by atoms with Crippen LogP contribution in [0.4, 0.5) is 0 Å². The third-order valence-corrected chi connectivity index (χ3v) is 4.06. The second-order valence-corrected chi connectivity index (χ2v) is 5.63. The molecule has 20 heavy (non-hydrogen) atoms. The summed E-state index contributed by atoms with van der Waals surface area (Å²) in [5.74, 6) is 0.828. The molecule has 0 unspecified atom stereocenters. The summed E-state index contributed by atoms with van der Waals surface area (Å²) in [6.07, 6.45) is 6.52. The van der Waals surface area contributed by atoms with Gasteiger partial charge in [-0.3, -0.25) is 0 Å². The van der Waals surface area contributed by atoms with E-state index in [9.17, 15) is 0 Å². The Morgan fingerprint density at radius 2 is 1.75 bits per heavy atom. The molecule has 1 aromatic carbocycles. The maximum Gasteiger partial charge on any atom is 0.0718 e. The first-order valence-electron chi connectivity index (χ1n) is 7.82. The summed E-state index contributed by atoms with van der Waals surface area (Å²) in [5.41, 5.74) is 6.83. The van der Waals surface area contributed by atoms with Crippen molar-refractivity contribution in [2.24, 2.45) is 11.7 Å². The van der Waals surface area contributed by atoms with Crippen LogP contribution in [0.5, 0.6) is 0 Å². The van der Waals surface area contributed by atoms with Gasteiger partial charge in [0.1, 0.15) is 0 Å². The molecule has 0 radical (unpaired) electrons. The Balaban J connectivity index is 1.50. The highest BCUT2D eigenvalue weighted by atomic mass is 16.5. The van der Waals surface area contributed by atoms with E-state index >= 15 is 0 Å². The SMILES string of the molecule is NCCC1CCC(OCCOCc2ccccc2)CC1. The molecule has 1 saturated carbocycles. The largest absolute Gasteiger partial charge is 0.376 e. The van der Waals surface area contributed by atoms with E-state index in [4.69, 9.17) is 15.2 Å². The number of hydrogen-bond acceptors (Lipinski definition) is 3. The molecule has 3 heteroatoms. The molecule has 0 atom stereocenters. The van der Waals surface area contributed by atoms with E-state index in [-0.39, 0.29) is 0 Å². The van der Waals surface area contributed by atoms with Crippen molar-refractivity contribution in [3.8, 4) is 0 Å². The van der Waals surface area contributed by atoms with Crippen molar-refractivity contribution >= 4 is 0 Å². The Morgan fingerprint density at radius 3 is 2.45 bits per heavy atom. The molecular weight excluding hydrogens is 250 g/mol. The first kappa shape index (κ1) is 15.5. The molecule has 0 saturated heterocycles. The number of hydrogen-bond donors (Lipinski definition) is 1. The van der Waals surface area contributed by atoms with Gasteiger partial charge in [-0.2, -0.15) is 0 Å². The summed E-state index contributed by atoms with van der Waals surface area (Å²) >= 11 is 0. The molecular formula is C17H27NO2. The molecule has 0 heterocycles. The summed E-state index contributed by atoms with van der Waals surface area (Å²) < 4.78 is 11.5. The van der Waals surface area contributed by atoms with Crippen LogP contribution in [-0.2, 0) is 16.1 Å². The van der Waals surface area contributed by atoms with E-state index in [0.29, 0.717) is 25.9 Å². The van der Waals surface area contributed by atoms with Gasteiger partial charge in [-0.1, -0.05) is 30.3 Å². The van der Waals surface area contributed by atoms with Crippen LogP contribution < -0.4 is 5.73 Å². The molecule has 1 aromatic rings. The minimum absolute atomic E-state index is 0.435. The first-order chi connectivity index (χ1) is 9.88. The van der Waals surface area contributed by atoms with Crippen molar-refractivity contribution < 1.29 is 9.47 Å². The van der Waals surface area contributed by atoms with Crippen LogP contribution in [0.15, 0.2) is 30.3 Å². The predicted molar refractivity (Wildman–Crippen MR) is 81.5 cm³/mol. The van der Waals surface area contributed by atoms with Crippen LogP contribution >= 0.6 is 0 Å². The van der Waals surface area contributed by atoms with Gasteiger partial charge in [0.15, 0.2) is 0 Å².